The van der Waals surface area contributed by atoms with E-state index in [1.54, 1.807) is 12.1 Å². The molecule has 0 spiro atoms. The van der Waals surface area contributed by atoms with Gasteiger partial charge in [-0.15, -0.1) is 0 Å². The van der Waals surface area contributed by atoms with Crippen molar-refractivity contribution in [3.63, 3.8) is 0 Å². The average Bonchev–Trinajstić information content (AvgIpc) is 2.66. The number of nitrogens with one attached hydrogen (secondary N) is 1. The van der Waals surface area contributed by atoms with E-state index in [0.29, 0.717) is 13.0 Å². The Morgan fingerprint density at radius 2 is 1.48 bits per heavy atom. The highest BCUT2D eigenvalue weighted by molar-refractivity contribution is 7.89. The van der Waals surface area contributed by atoms with Crippen molar-refractivity contribution in [1.29, 1.82) is 0 Å². The Hall–Kier alpha value is -2.18. The van der Waals surface area contributed by atoms with Crippen LogP contribution in [0.5, 0.6) is 0 Å². The number of benzene rings is 2. The molecule has 0 saturated heterocycles. The number of rotatable bonds is 10. The summed E-state index contributed by atoms with van der Waals surface area (Å²) in [6, 6.07) is 17.1. The molecular weight excluding hydrogens is 360 g/mol. The lowest BCUT2D eigenvalue weighted by Crippen LogP contribution is -2.24. The van der Waals surface area contributed by atoms with E-state index in [-0.39, 0.29) is 10.8 Å². The second-order valence-electron chi connectivity index (χ2n) is 6.72. The van der Waals surface area contributed by atoms with Crippen molar-refractivity contribution < 1.29 is 13.2 Å². The summed E-state index contributed by atoms with van der Waals surface area (Å²) in [5, 5.41) is 2.96. The third kappa shape index (κ3) is 6.81. The fraction of sp³-hybridized carbons (Fsp3) is 0.381. The van der Waals surface area contributed by atoms with Crippen LogP contribution < -0.4 is 5.32 Å². The maximum Gasteiger partial charge on any atom is 0.242 e. The van der Waals surface area contributed by atoms with Crippen molar-refractivity contribution >= 4 is 15.9 Å². The second-order valence-corrected chi connectivity index (χ2v) is 8.88. The van der Waals surface area contributed by atoms with E-state index >= 15 is 0 Å². The molecule has 0 radical (unpaired) electrons. The van der Waals surface area contributed by atoms with E-state index in [4.69, 9.17) is 0 Å². The van der Waals surface area contributed by atoms with Crippen LogP contribution in [-0.2, 0) is 27.7 Å². The highest BCUT2D eigenvalue weighted by atomic mass is 32.2. The van der Waals surface area contributed by atoms with Gasteiger partial charge in [0.1, 0.15) is 0 Å². The third-order valence-electron chi connectivity index (χ3n) is 4.38. The first-order chi connectivity index (χ1) is 12.9. The zero-order valence-electron chi connectivity index (χ0n) is 16.0. The van der Waals surface area contributed by atoms with Gasteiger partial charge in [0.25, 0.3) is 0 Å². The van der Waals surface area contributed by atoms with Crippen LogP contribution in [0.1, 0.15) is 30.4 Å². The van der Waals surface area contributed by atoms with Gasteiger partial charge in [-0.3, -0.25) is 4.79 Å². The fourth-order valence-electron chi connectivity index (χ4n) is 2.75. The maximum absolute atomic E-state index is 12.0. The van der Waals surface area contributed by atoms with Crippen LogP contribution in [0.4, 0.5) is 0 Å². The van der Waals surface area contributed by atoms with E-state index in [1.807, 2.05) is 30.3 Å². The summed E-state index contributed by atoms with van der Waals surface area (Å²) in [5.74, 6) is 0.0647. The monoisotopic (exact) mass is 388 g/mol. The molecule has 0 aliphatic rings. The van der Waals surface area contributed by atoms with Crippen molar-refractivity contribution in [1.82, 2.24) is 9.62 Å². The molecule has 5 nitrogen and oxygen atoms in total. The molecule has 2 aromatic rings. The van der Waals surface area contributed by atoms with Gasteiger partial charge in [-0.25, -0.2) is 12.7 Å². The molecule has 2 aromatic carbocycles. The minimum absolute atomic E-state index is 0.0647. The molecule has 0 aliphatic heterocycles. The molecule has 27 heavy (non-hydrogen) atoms. The van der Waals surface area contributed by atoms with Gasteiger partial charge in [-0.1, -0.05) is 42.5 Å². The Bertz CT molecular complexity index is 816. The number of amides is 1. The quantitative estimate of drug-likeness (QED) is 0.636. The summed E-state index contributed by atoms with van der Waals surface area (Å²) in [7, 11) is -0.360. The first-order valence-corrected chi connectivity index (χ1v) is 10.7. The van der Waals surface area contributed by atoms with Crippen LogP contribution in [-0.4, -0.2) is 39.3 Å². The van der Waals surface area contributed by atoms with E-state index in [0.717, 1.165) is 31.2 Å². The number of sulfonamides is 1. The van der Waals surface area contributed by atoms with Crippen LogP contribution >= 0.6 is 0 Å². The molecular formula is C21H28N2O3S. The molecule has 0 saturated carbocycles. The standard InChI is InChI=1S/C21H28N2O3S/c1-23(2)27(25,26)20-15-13-19(14-16-20)10-6-12-21(24)22-17-7-11-18-8-4-3-5-9-18/h3-5,8-9,13-16H,6-7,10-12,17H2,1-2H3,(H,22,24). The van der Waals surface area contributed by atoms with E-state index < -0.39 is 10.0 Å². The molecule has 0 atom stereocenters. The number of carbonyl (C=O) groups excluding carboxylic acids is 1. The summed E-state index contributed by atoms with van der Waals surface area (Å²) < 4.78 is 25.3. The van der Waals surface area contributed by atoms with Gasteiger partial charge in [-0.2, -0.15) is 0 Å². The molecule has 0 heterocycles. The molecule has 1 N–H and O–H groups in total. The summed E-state index contributed by atoms with van der Waals surface area (Å²) in [4.78, 5) is 12.2. The van der Waals surface area contributed by atoms with Gasteiger partial charge in [0, 0.05) is 27.1 Å². The summed E-state index contributed by atoms with van der Waals surface area (Å²) in [5.41, 5.74) is 2.32. The van der Waals surface area contributed by atoms with E-state index in [1.165, 1.54) is 24.0 Å². The van der Waals surface area contributed by atoms with Crippen LogP contribution in [0.25, 0.3) is 0 Å². The first kappa shape index (κ1) is 21.1. The minimum atomic E-state index is -3.39. The Balaban J connectivity index is 1.66. The highest BCUT2D eigenvalue weighted by Crippen LogP contribution is 2.15. The summed E-state index contributed by atoms with van der Waals surface area (Å²) in [6.45, 7) is 0.685. The number of nitrogens with zero attached hydrogens (tertiary/aromatic N) is 1. The largest absolute Gasteiger partial charge is 0.356 e. The van der Waals surface area contributed by atoms with E-state index in [2.05, 4.69) is 17.4 Å². The van der Waals surface area contributed by atoms with Crippen molar-refractivity contribution in [3.8, 4) is 0 Å². The maximum atomic E-state index is 12.0. The fourth-order valence-corrected chi connectivity index (χ4v) is 3.65. The minimum Gasteiger partial charge on any atom is -0.356 e. The van der Waals surface area contributed by atoms with Crippen LogP contribution in [0.2, 0.25) is 0 Å². The van der Waals surface area contributed by atoms with Gasteiger partial charge >= 0.3 is 0 Å². The zero-order chi connectivity index (χ0) is 19.7. The highest BCUT2D eigenvalue weighted by Gasteiger charge is 2.16. The average molecular weight is 389 g/mol. The Kier molecular flexibility index (Phi) is 8.00. The molecule has 146 valence electrons. The molecule has 0 unspecified atom stereocenters. The van der Waals surface area contributed by atoms with Crippen LogP contribution in [0.15, 0.2) is 59.5 Å². The van der Waals surface area contributed by atoms with Gasteiger partial charge in [-0.05, 0) is 48.9 Å². The van der Waals surface area contributed by atoms with Crippen LogP contribution in [0.3, 0.4) is 0 Å². The van der Waals surface area contributed by atoms with Gasteiger partial charge < -0.3 is 5.32 Å². The molecule has 0 aliphatic carbocycles. The van der Waals surface area contributed by atoms with E-state index in [9.17, 15) is 13.2 Å². The molecule has 1 amide bonds. The Morgan fingerprint density at radius 1 is 0.889 bits per heavy atom. The third-order valence-corrected chi connectivity index (χ3v) is 6.21. The van der Waals surface area contributed by atoms with Crippen molar-refractivity contribution in [3.05, 3.63) is 65.7 Å². The summed E-state index contributed by atoms with van der Waals surface area (Å²) in [6.07, 6.45) is 3.86. The topological polar surface area (TPSA) is 66.5 Å². The first-order valence-electron chi connectivity index (χ1n) is 9.21. The molecule has 0 fully saturated rings. The zero-order valence-corrected chi connectivity index (χ0v) is 16.8. The summed E-state index contributed by atoms with van der Waals surface area (Å²) >= 11 is 0. The lowest BCUT2D eigenvalue weighted by Gasteiger charge is -2.11. The second kappa shape index (κ2) is 10.2. The predicted molar refractivity (Wildman–Crippen MR) is 108 cm³/mol. The van der Waals surface area contributed by atoms with Crippen molar-refractivity contribution in [2.24, 2.45) is 0 Å². The molecule has 0 aromatic heterocycles. The lowest BCUT2D eigenvalue weighted by atomic mass is 10.1. The van der Waals surface area contributed by atoms with Crippen molar-refractivity contribution in [2.75, 3.05) is 20.6 Å². The van der Waals surface area contributed by atoms with Gasteiger partial charge in [0.05, 0.1) is 4.90 Å². The molecule has 2 rings (SSSR count). The lowest BCUT2D eigenvalue weighted by molar-refractivity contribution is -0.121. The molecule has 0 bridgehead atoms. The Labute approximate surface area is 162 Å². The van der Waals surface area contributed by atoms with Crippen molar-refractivity contribution in [2.45, 2.75) is 37.0 Å². The SMILES string of the molecule is CN(C)S(=O)(=O)c1ccc(CCCC(=O)NCCCc2ccccc2)cc1. The van der Waals surface area contributed by atoms with Crippen LogP contribution in [0, 0.1) is 0 Å². The number of hydrogen-bond acceptors (Lipinski definition) is 3. The predicted octanol–water partition coefficient (Wildman–Crippen LogP) is 3.01. The smallest absolute Gasteiger partial charge is 0.242 e. The number of hydrogen-bond donors (Lipinski definition) is 1. The Morgan fingerprint density at radius 3 is 2.11 bits per heavy atom. The molecule has 6 heteroatoms. The number of carbonyl (C=O) groups is 1. The normalized spacial score (nSPS) is 11.5. The van der Waals surface area contributed by atoms with Gasteiger partial charge in [0.2, 0.25) is 15.9 Å². The number of aryl methyl sites for hydroxylation is 2. The van der Waals surface area contributed by atoms with Gasteiger partial charge in [0.15, 0.2) is 0 Å².